The van der Waals surface area contributed by atoms with Gasteiger partial charge in [0.2, 0.25) is 5.91 Å². The molecule has 0 radical (unpaired) electrons. The molecule has 2 N–H and O–H groups in total. The molecular weight excluding hydrogens is 276 g/mol. The van der Waals surface area contributed by atoms with Crippen LogP contribution in [0.4, 0.5) is 5.69 Å². The molecule has 0 saturated carbocycles. The summed E-state index contributed by atoms with van der Waals surface area (Å²) in [6, 6.07) is 15.8. The molecule has 3 rings (SSSR count). The van der Waals surface area contributed by atoms with Gasteiger partial charge in [-0.2, -0.15) is 0 Å². The molecule has 4 nitrogen and oxygen atoms in total. The Morgan fingerprint density at radius 2 is 2.05 bits per heavy atom. The molecule has 1 atom stereocenters. The summed E-state index contributed by atoms with van der Waals surface area (Å²) >= 11 is 0. The molecule has 1 amide bonds. The molecule has 0 aromatic heterocycles. The van der Waals surface area contributed by atoms with Crippen LogP contribution < -0.4 is 10.6 Å². The fourth-order valence-corrected chi connectivity index (χ4v) is 2.77. The van der Waals surface area contributed by atoms with Crippen molar-refractivity contribution in [3.63, 3.8) is 0 Å². The lowest BCUT2D eigenvalue weighted by Gasteiger charge is -2.25. The highest BCUT2D eigenvalue weighted by Gasteiger charge is 2.23. The van der Waals surface area contributed by atoms with Gasteiger partial charge in [0.1, 0.15) is 0 Å². The minimum Gasteiger partial charge on any atom is -0.380 e. The van der Waals surface area contributed by atoms with Crippen molar-refractivity contribution in [2.45, 2.75) is 25.6 Å². The highest BCUT2D eigenvalue weighted by Crippen LogP contribution is 2.18. The van der Waals surface area contributed by atoms with Crippen molar-refractivity contribution in [1.82, 2.24) is 5.32 Å². The first-order valence-corrected chi connectivity index (χ1v) is 7.45. The highest BCUT2D eigenvalue weighted by molar-refractivity contribution is 5.95. The van der Waals surface area contributed by atoms with Gasteiger partial charge in [0.15, 0.2) is 0 Å². The summed E-state index contributed by atoms with van der Waals surface area (Å²) in [5.74, 6) is 0.00377. The number of amides is 1. The number of fused-ring (bicyclic) bond motifs is 1. The quantitative estimate of drug-likeness (QED) is 0.911. The van der Waals surface area contributed by atoms with Crippen molar-refractivity contribution in [3.05, 3.63) is 65.2 Å². The Hall–Kier alpha value is -2.17. The van der Waals surface area contributed by atoms with E-state index < -0.39 is 0 Å². The largest absolute Gasteiger partial charge is 0.380 e. The number of benzene rings is 2. The molecule has 2 aromatic rings. The van der Waals surface area contributed by atoms with Crippen molar-refractivity contribution < 1.29 is 9.53 Å². The van der Waals surface area contributed by atoms with Crippen molar-refractivity contribution in [2.24, 2.45) is 0 Å². The fraction of sp³-hybridized carbons (Fsp3) is 0.278. The Balaban J connectivity index is 1.67. The number of ether oxygens (including phenoxy) is 1. The minimum absolute atomic E-state index is 0.00377. The summed E-state index contributed by atoms with van der Waals surface area (Å²) in [5, 5.41) is 6.28. The Bertz CT molecular complexity index is 670. The van der Waals surface area contributed by atoms with Crippen molar-refractivity contribution in [3.8, 4) is 0 Å². The topological polar surface area (TPSA) is 50.4 Å². The smallest absolute Gasteiger partial charge is 0.241 e. The lowest BCUT2D eigenvalue weighted by atomic mass is 9.95. The molecule has 0 spiro atoms. The molecular formula is C18H20N2O2. The number of methoxy groups -OCH3 is 1. The second kappa shape index (κ2) is 6.73. The number of hydrogen-bond donors (Lipinski definition) is 2. The summed E-state index contributed by atoms with van der Waals surface area (Å²) in [6.07, 6.45) is 0.722. The Kier molecular flexibility index (Phi) is 4.51. The zero-order valence-electron chi connectivity index (χ0n) is 12.6. The van der Waals surface area contributed by atoms with E-state index in [1.165, 1.54) is 11.1 Å². The average Bonchev–Trinajstić information content (AvgIpc) is 2.55. The predicted molar refractivity (Wildman–Crippen MR) is 86.6 cm³/mol. The molecule has 0 bridgehead atoms. The van der Waals surface area contributed by atoms with Gasteiger partial charge in [0, 0.05) is 19.3 Å². The van der Waals surface area contributed by atoms with Crippen molar-refractivity contribution in [2.75, 3.05) is 12.4 Å². The molecule has 0 fully saturated rings. The molecule has 1 aliphatic heterocycles. The van der Waals surface area contributed by atoms with Gasteiger partial charge in [0.25, 0.3) is 0 Å². The number of carbonyl (C=O) groups is 1. The molecule has 22 heavy (non-hydrogen) atoms. The third-order valence-electron chi connectivity index (χ3n) is 3.90. The maximum absolute atomic E-state index is 12.4. The van der Waals surface area contributed by atoms with E-state index in [0.717, 1.165) is 24.2 Å². The first-order valence-electron chi connectivity index (χ1n) is 7.45. The number of hydrogen-bond acceptors (Lipinski definition) is 3. The summed E-state index contributed by atoms with van der Waals surface area (Å²) in [7, 11) is 1.66. The van der Waals surface area contributed by atoms with E-state index in [-0.39, 0.29) is 11.9 Å². The van der Waals surface area contributed by atoms with Crippen LogP contribution in [0, 0.1) is 0 Å². The van der Waals surface area contributed by atoms with Crippen LogP contribution >= 0.6 is 0 Å². The Morgan fingerprint density at radius 3 is 2.86 bits per heavy atom. The van der Waals surface area contributed by atoms with E-state index >= 15 is 0 Å². The van der Waals surface area contributed by atoms with Crippen LogP contribution in [0.1, 0.15) is 16.7 Å². The summed E-state index contributed by atoms with van der Waals surface area (Å²) in [4.78, 5) is 12.4. The third kappa shape index (κ3) is 3.35. The van der Waals surface area contributed by atoms with Crippen LogP contribution in [0.3, 0.4) is 0 Å². The first kappa shape index (κ1) is 14.8. The second-order valence-electron chi connectivity index (χ2n) is 5.53. The van der Waals surface area contributed by atoms with E-state index in [1.807, 2.05) is 36.4 Å². The van der Waals surface area contributed by atoms with Crippen molar-refractivity contribution in [1.29, 1.82) is 0 Å². The van der Waals surface area contributed by atoms with E-state index in [1.54, 1.807) is 7.11 Å². The maximum Gasteiger partial charge on any atom is 0.241 e. The van der Waals surface area contributed by atoms with E-state index in [2.05, 4.69) is 22.8 Å². The molecule has 2 aromatic carbocycles. The molecule has 0 aliphatic carbocycles. The zero-order valence-corrected chi connectivity index (χ0v) is 12.6. The van der Waals surface area contributed by atoms with Gasteiger partial charge in [-0.3, -0.25) is 4.79 Å². The highest BCUT2D eigenvalue weighted by atomic mass is 16.5. The monoisotopic (exact) mass is 296 g/mol. The van der Waals surface area contributed by atoms with E-state index in [4.69, 9.17) is 4.74 Å². The lowest BCUT2D eigenvalue weighted by Crippen LogP contribution is -2.44. The molecule has 0 saturated heterocycles. The predicted octanol–water partition coefficient (Wildman–Crippen LogP) is 2.49. The van der Waals surface area contributed by atoms with Crippen LogP contribution in [-0.2, 0) is 29.1 Å². The van der Waals surface area contributed by atoms with Gasteiger partial charge in [-0.1, -0.05) is 36.4 Å². The lowest BCUT2D eigenvalue weighted by molar-refractivity contribution is -0.118. The van der Waals surface area contributed by atoms with Gasteiger partial charge >= 0.3 is 0 Å². The second-order valence-corrected chi connectivity index (χ2v) is 5.53. The van der Waals surface area contributed by atoms with Gasteiger partial charge in [-0.25, -0.2) is 0 Å². The number of anilines is 1. The van der Waals surface area contributed by atoms with Crippen LogP contribution in [0.5, 0.6) is 0 Å². The molecule has 1 aliphatic rings. The molecule has 4 heteroatoms. The van der Waals surface area contributed by atoms with Crippen LogP contribution in [0.25, 0.3) is 0 Å². The number of rotatable bonds is 4. The fourth-order valence-electron chi connectivity index (χ4n) is 2.77. The normalized spacial score (nSPS) is 16.9. The van der Waals surface area contributed by atoms with Crippen LogP contribution in [0.2, 0.25) is 0 Å². The summed E-state index contributed by atoms with van der Waals surface area (Å²) in [5.41, 5.74) is 4.37. The van der Waals surface area contributed by atoms with E-state index in [0.29, 0.717) is 6.61 Å². The minimum atomic E-state index is -0.194. The van der Waals surface area contributed by atoms with Crippen molar-refractivity contribution >= 4 is 11.6 Å². The third-order valence-corrected chi connectivity index (χ3v) is 3.90. The first-order chi connectivity index (χ1) is 10.8. The number of carbonyl (C=O) groups excluding carboxylic acids is 1. The van der Waals surface area contributed by atoms with Gasteiger partial charge in [-0.05, 0) is 35.2 Å². The van der Waals surface area contributed by atoms with Crippen LogP contribution in [-0.4, -0.2) is 19.1 Å². The summed E-state index contributed by atoms with van der Waals surface area (Å²) < 4.78 is 5.12. The van der Waals surface area contributed by atoms with E-state index in [9.17, 15) is 4.79 Å². The maximum atomic E-state index is 12.4. The SMILES string of the molecule is COCc1cccc(NC(=O)C2Cc3ccccc3CN2)c1. The molecule has 1 unspecified atom stereocenters. The molecule has 1 heterocycles. The van der Waals surface area contributed by atoms with Gasteiger partial charge < -0.3 is 15.4 Å². The Labute approximate surface area is 130 Å². The molecule has 114 valence electrons. The Morgan fingerprint density at radius 1 is 1.23 bits per heavy atom. The van der Waals surface area contributed by atoms with Crippen LogP contribution in [0.15, 0.2) is 48.5 Å². The number of nitrogens with one attached hydrogen (secondary N) is 2. The van der Waals surface area contributed by atoms with Gasteiger partial charge in [-0.15, -0.1) is 0 Å². The summed E-state index contributed by atoms with van der Waals surface area (Å²) in [6.45, 7) is 1.27. The zero-order chi connectivity index (χ0) is 15.4. The van der Waals surface area contributed by atoms with Gasteiger partial charge in [0.05, 0.1) is 12.6 Å². The average molecular weight is 296 g/mol. The standard InChI is InChI=1S/C18H20N2O2/c1-22-12-13-5-4-8-16(9-13)20-18(21)17-10-14-6-2-3-7-15(14)11-19-17/h2-9,17,19H,10-12H2,1H3,(H,20,21).